The van der Waals surface area contributed by atoms with Crippen molar-refractivity contribution in [3.63, 3.8) is 0 Å². The van der Waals surface area contributed by atoms with E-state index in [0.717, 1.165) is 6.07 Å². The van der Waals surface area contributed by atoms with Gasteiger partial charge in [-0.1, -0.05) is 23.2 Å². The Labute approximate surface area is 92.8 Å². The van der Waals surface area contributed by atoms with E-state index in [1.807, 2.05) is 0 Å². The number of rotatable bonds is 2. The minimum absolute atomic E-state index is 0.00138. The molecule has 0 bridgehead atoms. The fourth-order valence-corrected chi connectivity index (χ4v) is 1.19. The summed E-state index contributed by atoms with van der Waals surface area (Å²) < 4.78 is 36.0. The number of aliphatic hydroxyl groups is 1. The van der Waals surface area contributed by atoms with Crippen LogP contribution in [-0.2, 0) is 6.42 Å². The van der Waals surface area contributed by atoms with Crippen LogP contribution >= 0.6 is 23.2 Å². The summed E-state index contributed by atoms with van der Waals surface area (Å²) in [7, 11) is 0. The van der Waals surface area contributed by atoms with E-state index in [-0.39, 0.29) is 15.9 Å². The van der Waals surface area contributed by atoms with Crippen LogP contribution in [-0.4, -0.2) is 27.6 Å². The first-order valence-corrected chi connectivity index (χ1v) is 4.48. The first kappa shape index (κ1) is 12.5. The molecule has 15 heavy (non-hydrogen) atoms. The topological polar surface area (TPSA) is 46.0 Å². The van der Waals surface area contributed by atoms with Gasteiger partial charge in [-0.3, -0.25) is 0 Å². The minimum atomic E-state index is -4.70. The van der Waals surface area contributed by atoms with Crippen LogP contribution in [0.1, 0.15) is 5.56 Å². The number of halogens is 5. The standard InChI is InChI=1S/C7H5Cl2F3N2O/c8-5-2-3(6(9)14-13-5)1-4(15)7(10,11)12/h2,4,15H,1H2. The molecule has 1 heterocycles. The molecule has 0 aliphatic carbocycles. The number of nitrogens with zero attached hydrogens (tertiary/aromatic N) is 2. The summed E-state index contributed by atoms with van der Waals surface area (Å²) in [5.41, 5.74) is 0.00138. The van der Waals surface area contributed by atoms with Gasteiger partial charge in [0.15, 0.2) is 16.4 Å². The summed E-state index contributed by atoms with van der Waals surface area (Å²) in [5.74, 6) is 0. The second-order valence-electron chi connectivity index (χ2n) is 2.74. The molecule has 1 aromatic rings. The zero-order chi connectivity index (χ0) is 11.6. The number of aromatic nitrogens is 2. The average molecular weight is 261 g/mol. The Kier molecular flexibility index (Phi) is 3.75. The molecule has 0 fully saturated rings. The molecule has 1 atom stereocenters. The van der Waals surface area contributed by atoms with Gasteiger partial charge < -0.3 is 5.11 Å². The monoisotopic (exact) mass is 260 g/mol. The van der Waals surface area contributed by atoms with Gasteiger partial charge in [0.2, 0.25) is 0 Å². The van der Waals surface area contributed by atoms with E-state index in [9.17, 15) is 13.2 Å². The molecule has 0 saturated heterocycles. The largest absolute Gasteiger partial charge is 0.414 e. The molecule has 0 radical (unpaired) electrons. The van der Waals surface area contributed by atoms with Crippen molar-refractivity contribution in [2.75, 3.05) is 0 Å². The van der Waals surface area contributed by atoms with E-state index in [2.05, 4.69) is 10.2 Å². The van der Waals surface area contributed by atoms with E-state index in [1.165, 1.54) is 0 Å². The average Bonchev–Trinajstić information content (AvgIpc) is 2.09. The van der Waals surface area contributed by atoms with Gasteiger partial charge in [0.05, 0.1) is 0 Å². The predicted molar refractivity (Wildman–Crippen MR) is 47.8 cm³/mol. The smallest absolute Gasteiger partial charge is 0.383 e. The summed E-state index contributed by atoms with van der Waals surface area (Å²) in [6.07, 6.45) is -7.88. The van der Waals surface area contributed by atoms with Gasteiger partial charge in [-0.05, 0) is 11.6 Å². The lowest BCUT2D eigenvalue weighted by Crippen LogP contribution is -2.30. The first-order valence-electron chi connectivity index (χ1n) is 3.73. The van der Waals surface area contributed by atoms with E-state index in [0.29, 0.717) is 0 Å². The van der Waals surface area contributed by atoms with Gasteiger partial charge in [0, 0.05) is 6.42 Å². The molecular weight excluding hydrogens is 256 g/mol. The normalized spacial score (nSPS) is 14.0. The van der Waals surface area contributed by atoms with Gasteiger partial charge in [0.25, 0.3) is 0 Å². The van der Waals surface area contributed by atoms with Crippen molar-refractivity contribution in [1.82, 2.24) is 10.2 Å². The molecule has 0 spiro atoms. The summed E-state index contributed by atoms with van der Waals surface area (Å²) in [4.78, 5) is 0. The molecule has 0 aliphatic heterocycles. The van der Waals surface area contributed by atoms with Crippen molar-refractivity contribution in [3.8, 4) is 0 Å². The SMILES string of the molecule is OC(Cc1cc(Cl)nnc1Cl)C(F)(F)F. The summed E-state index contributed by atoms with van der Waals surface area (Å²) in [6, 6.07) is 1.13. The Hall–Kier alpha value is -0.590. The van der Waals surface area contributed by atoms with E-state index < -0.39 is 18.7 Å². The number of aliphatic hydroxyl groups excluding tert-OH is 1. The molecule has 8 heteroatoms. The Morgan fingerprint density at radius 1 is 1.33 bits per heavy atom. The molecule has 0 aliphatic rings. The lowest BCUT2D eigenvalue weighted by atomic mass is 10.1. The Balaban J connectivity index is 2.85. The van der Waals surface area contributed by atoms with Crippen LogP contribution < -0.4 is 0 Å². The number of alkyl halides is 3. The molecular formula is C7H5Cl2F3N2O. The number of hydrogen-bond donors (Lipinski definition) is 1. The van der Waals surface area contributed by atoms with Crippen molar-refractivity contribution in [1.29, 1.82) is 0 Å². The fraction of sp³-hybridized carbons (Fsp3) is 0.429. The van der Waals surface area contributed by atoms with E-state index in [1.54, 1.807) is 0 Å². The highest BCUT2D eigenvalue weighted by Crippen LogP contribution is 2.25. The summed E-state index contributed by atoms with van der Waals surface area (Å²) in [5, 5.41) is 15.1. The molecule has 84 valence electrons. The maximum absolute atomic E-state index is 12.0. The second-order valence-corrected chi connectivity index (χ2v) is 3.49. The van der Waals surface area contributed by atoms with Crippen LogP contribution in [0.15, 0.2) is 6.07 Å². The van der Waals surface area contributed by atoms with Gasteiger partial charge in [-0.15, -0.1) is 10.2 Å². The van der Waals surface area contributed by atoms with Crippen LogP contribution in [0.25, 0.3) is 0 Å². The van der Waals surface area contributed by atoms with Crippen molar-refractivity contribution >= 4 is 23.2 Å². The Morgan fingerprint density at radius 3 is 2.47 bits per heavy atom. The molecule has 1 unspecified atom stereocenters. The second kappa shape index (κ2) is 4.51. The molecule has 1 rings (SSSR count). The number of hydrogen-bond acceptors (Lipinski definition) is 3. The van der Waals surface area contributed by atoms with Gasteiger partial charge in [0.1, 0.15) is 0 Å². The third kappa shape index (κ3) is 3.48. The van der Waals surface area contributed by atoms with Crippen molar-refractivity contribution < 1.29 is 18.3 Å². The highest BCUT2D eigenvalue weighted by molar-refractivity contribution is 6.31. The minimum Gasteiger partial charge on any atom is -0.383 e. The molecule has 3 nitrogen and oxygen atoms in total. The van der Waals surface area contributed by atoms with Crippen molar-refractivity contribution in [3.05, 3.63) is 21.9 Å². The first-order chi connectivity index (χ1) is 6.80. The maximum atomic E-state index is 12.0. The zero-order valence-electron chi connectivity index (χ0n) is 7.09. The molecule has 1 aromatic heterocycles. The van der Waals surface area contributed by atoms with Crippen LogP contribution in [0, 0.1) is 0 Å². The lowest BCUT2D eigenvalue weighted by molar-refractivity contribution is -0.203. The fourth-order valence-electron chi connectivity index (χ4n) is 0.855. The Bertz CT molecular complexity index is 359. The quantitative estimate of drug-likeness (QED) is 0.888. The molecule has 1 N–H and O–H groups in total. The van der Waals surface area contributed by atoms with Crippen LogP contribution in [0.5, 0.6) is 0 Å². The van der Waals surface area contributed by atoms with Crippen LogP contribution in [0.2, 0.25) is 10.3 Å². The highest BCUT2D eigenvalue weighted by atomic mass is 35.5. The maximum Gasteiger partial charge on any atom is 0.414 e. The van der Waals surface area contributed by atoms with Crippen LogP contribution in [0.4, 0.5) is 13.2 Å². The third-order valence-electron chi connectivity index (χ3n) is 1.58. The summed E-state index contributed by atoms with van der Waals surface area (Å²) in [6.45, 7) is 0. The van der Waals surface area contributed by atoms with Gasteiger partial charge in [-0.2, -0.15) is 13.2 Å². The van der Waals surface area contributed by atoms with E-state index in [4.69, 9.17) is 28.3 Å². The van der Waals surface area contributed by atoms with E-state index >= 15 is 0 Å². The van der Waals surface area contributed by atoms with Gasteiger partial charge in [-0.25, -0.2) is 0 Å². The summed E-state index contributed by atoms with van der Waals surface area (Å²) >= 11 is 10.9. The van der Waals surface area contributed by atoms with Crippen molar-refractivity contribution in [2.24, 2.45) is 0 Å². The third-order valence-corrected chi connectivity index (χ3v) is 2.09. The van der Waals surface area contributed by atoms with Crippen molar-refractivity contribution in [2.45, 2.75) is 18.7 Å². The predicted octanol–water partition coefficient (Wildman–Crippen LogP) is 2.25. The van der Waals surface area contributed by atoms with Crippen LogP contribution in [0.3, 0.4) is 0 Å². The molecule has 0 amide bonds. The van der Waals surface area contributed by atoms with Gasteiger partial charge >= 0.3 is 6.18 Å². The molecule has 0 aromatic carbocycles. The Morgan fingerprint density at radius 2 is 1.93 bits per heavy atom. The highest BCUT2D eigenvalue weighted by Gasteiger charge is 2.38. The lowest BCUT2D eigenvalue weighted by Gasteiger charge is -2.14. The molecule has 0 saturated carbocycles. The zero-order valence-corrected chi connectivity index (χ0v) is 8.61.